The number of aromatic nitrogens is 2. The molecule has 1 heterocycles. The van der Waals surface area contributed by atoms with E-state index in [1.165, 1.54) is 18.4 Å². The molecular weight excluding hydrogens is 314 g/mol. The topological polar surface area (TPSA) is 56.1 Å². The molecule has 1 N–H and O–H groups in total. The Balaban J connectivity index is 1.37. The first kappa shape index (κ1) is 16.2. The van der Waals surface area contributed by atoms with Crippen molar-refractivity contribution in [3.05, 3.63) is 47.8 Å². The summed E-state index contributed by atoms with van der Waals surface area (Å²) in [5.41, 5.74) is 1.96. The molecule has 1 amide bonds. The summed E-state index contributed by atoms with van der Waals surface area (Å²) in [6, 6.07) is 10.7. The Labute approximate surface area is 148 Å². The Kier molecular flexibility index (Phi) is 4.47. The van der Waals surface area contributed by atoms with Crippen LogP contribution < -0.4 is 10.1 Å². The van der Waals surface area contributed by atoms with Gasteiger partial charge in [-0.1, -0.05) is 25.0 Å². The number of amides is 1. The fourth-order valence-electron chi connectivity index (χ4n) is 3.88. The summed E-state index contributed by atoms with van der Waals surface area (Å²) in [4.78, 5) is 12.7. The largest absolute Gasteiger partial charge is 0.494 e. The fraction of sp³-hybridized carbons (Fsp3) is 0.500. The number of hydrogen-bond donors (Lipinski definition) is 1. The van der Waals surface area contributed by atoms with Crippen LogP contribution in [0.4, 0.5) is 0 Å². The Bertz CT molecular complexity index is 732. The van der Waals surface area contributed by atoms with Gasteiger partial charge in [0.05, 0.1) is 12.6 Å². The lowest BCUT2D eigenvalue weighted by atomic mass is 10.1. The average molecular weight is 339 g/mol. The predicted molar refractivity (Wildman–Crippen MR) is 96.0 cm³/mol. The average Bonchev–Trinajstić information content (AvgIpc) is 3.05. The second-order valence-corrected chi connectivity index (χ2v) is 7.02. The highest BCUT2D eigenvalue weighted by Crippen LogP contribution is 2.41. The van der Waals surface area contributed by atoms with Gasteiger partial charge in [0.25, 0.3) is 5.91 Å². The van der Waals surface area contributed by atoms with Crippen molar-refractivity contribution in [3.63, 3.8) is 0 Å². The molecule has 1 aromatic heterocycles. The van der Waals surface area contributed by atoms with E-state index in [9.17, 15) is 4.79 Å². The van der Waals surface area contributed by atoms with Gasteiger partial charge < -0.3 is 10.1 Å². The van der Waals surface area contributed by atoms with Gasteiger partial charge in [0.2, 0.25) is 0 Å². The molecule has 0 saturated heterocycles. The second kappa shape index (κ2) is 6.90. The van der Waals surface area contributed by atoms with Crippen LogP contribution in [0.15, 0.2) is 36.5 Å². The third kappa shape index (κ3) is 3.41. The van der Waals surface area contributed by atoms with Gasteiger partial charge in [-0.25, -0.2) is 0 Å². The normalized spacial score (nSPS) is 22.8. The van der Waals surface area contributed by atoms with Crippen LogP contribution in [0, 0.1) is 0 Å². The third-order valence-corrected chi connectivity index (χ3v) is 5.30. The molecule has 2 aliphatic carbocycles. The quantitative estimate of drug-likeness (QED) is 0.873. The van der Waals surface area contributed by atoms with Crippen molar-refractivity contribution in [2.45, 2.75) is 57.0 Å². The van der Waals surface area contributed by atoms with Gasteiger partial charge in [0.1, 0.15) is 11.4 Å². The van der Waals surface area contributed by atoms with Gasteiger partial charge in [0.15, 0.2) is 0 Å². The van der Waals surface area contributed by atoms with Gasteiger partial charge in [-0.05, 0) is 49.9 Å². The van der Waals surface area contributed by atoms with Crippen LogP contribution in [-0.4, -0.2) is 28.3 Å². The molecule has 1 aromatic carbocycles. The van der Waals surface area contributed by atoms with Crippen molar-refractivity contribution in [2.75, 3.05) is 6.61 Å². The fourth-order valence-corrected chi connectivity index (χ4v) is 3.88. The SMILES string of the molecule is CCOc1ccc([C@@H]2C[C@H]2NC(=O)c2ccnn2C2CCCC2)cc1. The van der Waals surface area contributed by atoms with E-state index in [1.54, 1.807) is 6.20 Å². The number of carbonyl (C=O) groups excluding carboxylic acids is 1. The lowest BCUT2D eigenvalue weighted by Gasteiger charge is -2.14. The highest BCUT2D eigenvalue weighted by Gasteiger charge is 2.40. The van der Waals surface area contributed by atoms with Crippen LogP contribution in [0.2, 0.25) is 0 Å². The van der Waals surface area contributed by atoms with Gasteiger partial charge in [0, 0.05) is 18.2 Å². The molecule has 2 fully saturated rings. The molecule has 2 aliphatic rings. The van der Waals surface area contributed by atoms with E-state index in [2.05, 4.69) is 22.5 Å². The molecule has 0 bridgehead atoms. The van der Waals surface area contributed by atoms with Crippen LogP contribution in [-0.2, 0) is 0 Å². The molecule has 0 spiro atoms. The zero-order valence-corrected chi connectivity index (χ0v) is 14.6. The third-order valence-electron chi connectivity index (χ3n) is 5.30. The molecule has 132 valence electrons. The summed E-state index contributed by atoms with van der Waals surface area (Å²) in [7, 11) is 0. The highest BCUT2D eigenvalue weighted by molar-refractivity contribution is 5.93. The first-order valence-electron chi connectivity index (χ1n) is 9.33. The number of nitrogens with zero attached hydrogens (tertiary/aromatic N) is 2. The summed E-state index contributed by atoms with van der Waals surface area (Å²) in [5.74, 6) is 1.30. The molecule has 0 unspecified atom stereocenters. The van der Waals surface area contributed by atoms with E-state index >= 15 is 0 Å². The summed E-state index contributed by atoms with van der Waals surface area (Å²) in [6.45, 7) is 2.66. The lowest BCUT2D eigenvalue weighted by Crippen LogP contribution is -2.29. The van der Waals surface area contributed by atoms with Crippen LogP contribution in [0.1, 0.15) is 67.0 Å². The van der Waals surface area contributed by atoms with Gasteiger partial charge in [-0.15, -0.1) is 0 Å². The van der Waals surface area contributed by atoms with E-state index in [1.807, 2.05) is 29.8 Å². The maximum Gasteiger partial charge on any atom is 0.269 e. The molecule has 2 saturated carbocycles. The summed E-state index contributed by atoms with van der Waals surface area (Å²) >= 11 is 0. The Morgan fingerprint density at radius 2 is 2.00 bits per heavy atom. The molecule has 2 atom stereocenters. The summed E-state index contributed by atoms with van der Waals surface area (Å²) in [6.07, 6.45) is 7.45. The number of carbonyl (C=O) groups is 1. The lowest BCUT2D eigenvalue weighted by molar-refractivity contribution is 0.0936. The number of benzene rings is 1. The van der Waals surface area contributed by atoms with Crippen molar-refractivity contribution < 1.29 is 9.53 Å². The predicted octanol–water partition coefficient (Wildman–Crippen LogP) is 3.68. The number of rotatable bonds is 6. The van der Waals surface area contributed by atoms with Crippen molar-refractivity contribution in [1.82, 2.24) is 15.1 Å². The van der Waals surface area contributed by atoms with Gasteiger partial charge >= 0.3 is 0 Å². The van der Waals surface area contributed by atoms with E-state index in [0.717, 1.165) is 25.0 Å². The Morgan fingerprint density at radius 1 is 1.24 bits per heavy atom. The first-order chi connectivity index (χ1) is 12.3. The van der Waals surface area contributed by atoms with Crippen LogP contribution in [0.25, 0.3) is 0 Å². The summed E-state index contributed by atoms with van der Waals surface area (Å²) < 4.78 is 7.41. The molecule has 2 aromatic rings. The maximum absolute atomic E-state index is 12.7. The second-order valence-electron chi connectivity index (χ2n) is 7.02. The van der Waals surface area contributed by atoms with Crippen LogP contribution in [0.3, 0.4) is 0 Å². The van der Waals surface area contributed by atoms with E-state index in [0.29, 0.717) is 24.3 Å². The Morgan fingerprint density at radius 3 is 2.72 bits per heavy atom. The Hall–Kier alpha value is -2.30. The zero-order chi connectivity index (χ0) is 17.2. The number of nitrogens with one attached hydrogen (secondary N) is 1. The standard InChI is InChI=1S/C20H25N3O2/c1-2-25-16-9-7-14(8-10-16)17-13-18(17)22-20(24)19-11-12-21-23(19)15-5-3-4-6-15/h7-12,15,17-18H,2-6,13H2,1H3,(H,22,24)/t17-,18+/m0/s1. The monoisotopic (exact) mass is 339 g/mol. The van der Waals surface area contributed by atoms with Gasteiger partial charge in [-0.3, -0.25) is 9.48 Å². The van der Waals surface area contributed by atoms with Gasteiger partial charge in [-0.2, -0.15) is 5.10 Å². The minimum atomic E-state index is 0.00263. The highest BCUT2D eigenvalue weighted by atomic mass is 16.5. The molecule has 4 rings (SSSR count). The van der Waals surface area contributed by atoms with Crippen molar-refractivity contribution in [2.24, 2.45) is 0 Å². The van der Waals surface area contributed by atoms with Crippen molar-refractivity contribution in [1.29, 1.82) is 0 Å². The molecule has 5 nitrogen and oxygen atoms in total. The zero-order valence-electron chi connectivity index (χ0n) is 14.6. The number of ether oxygens (including phenoxy) is 1. The van der Waals surface area contributed by atoms with Crippen LogP contribution >= 0.6 is 0 Å². The molecule has 25 heavy (non-hydrogen) atoms. The first-order valence-corrected chi connectivity index (χ1v) is 9.33. The van der Waals surface area contributed by atoms with E-state index < -0.39 is 0 Å². The molecular formula is C20H25N3O2. The molecule has 0 aliphatic heterocycles. The minimum absolute atomic E-state index is 0.00263. The minimum Gasteiger partial charge on any atom is -0.494 e. The van der Waals surface area contributed by atoms with E-state index in [-0.39, 0.29) is 11.9 Å². The smallest absolute Gasteiger partial charge is 0.269 e. The van der Waals surface area contributed by atoms with Crippen LogP contribution in [0.5, 0.6) is 5.75 Å². The van der Waals surface area contributed by atoms with E-state index in [4.69, 9.17) is 4.74 Å². The molecule has 5 heteroatoms. The van der Waals surface area contributed by atoms with Crippen molar-refractivity contribution >= 4 is 5.91 Å². The molecule has 0 radical (unpaired) electrons. The number of hydrogen-bond acceptors (Lipinski definition) is 3. The van der Waals surface area contributed by atoms with Crippen molar-refractivity contribution in [3.8, 4) is 5.75 Å². The maximum atomic E-state index is 12.7. The summed E-state index contributed by atoms with van der Waals surface area (Å²) in [5, 5.41) is 7.57.